The van der Waals surface area contributed by atoms with E-state index < -0.39 is 0 Å². The Labute approximate surface area is 123 Å². The van der Waals surface area contributed by atoms with Crippen LogP contribution in [0.3, 0.4) is 0 Å². The van der Waals surface area contributed by atoms with E-state index in [2.05, 4.69) is 5.32 Å². The highest BCUT2D eigenvalue weighted by atomic mass is 35.5. The number of anilines is 2. The molecule has 2 aromatic rings. The highest BCUT2D eigenvalue weighted by Crippen LogP contribution is 2.27. The Morgan fingerprint density at radius 3 is 2.50 bits per heavy atom. The van der Waals surface area contributed by atoms with E-state index in [1.54, 1.807) is 12.1 Å². The molecule has 0 aliphatic heterocycles. The minimum absolute atomic E-state index is 0.143. The highest BCUT2D eigenvalue weighted by molar-refractivity contribution is 6.33. The van der Waals surface area contributed by atoms with E-state index in [0.29, 0.717) is 22.0 Å². The average molecular weight is 289 g/mol. The molecule has 2 aromatic carbocycles. The second-order valence-electron chi connectivity index (χ2n) is 4.96. The number of nitrogens with two attached hydrogens (primary N) is 1. The fourth-order valence-corrected chi connectivity index (χ4v) is 2.17. The molecular formula is C16H17ClN2O. The maximum atomic E-state index is 12.4. The summed E-state index contributed by atoms with van der Waals surface area (Å²) >= 11 is 6.00. The molecule has 1 amide bonds. The second kappa shape index (κ2) is 5.55. The highest BCUT2D eigenvalue weighted by Gasteiger charge is 2.12. The van der Waals surface area contributed by atoms with Crippen LogP contribution in [0.5, 0.6) is 0 Å². The predicted octanol–water partition coefficient (Wildman–Crippen LogP) is 4.10. The lowest BCUT2D eigenvalue weighted by Crippen LogP contribution is -2.14. The Hall–Kier alpha value is -2.00. The predicted molar refractivity (Wildman–Crippen MR) is 84.5 cm³/mol. The third kappa shape index (κ3) is 2.94. The first-order chi connectivity index (χ1) is 9.38. The van der Waals surface area contributed by atoms with Crippen LogP contribution in [0, 0.1) is 20.8 Å². The zero-order chi connectivity index (χ0) is 14.9. The molecular weight excluding hydrogens is 272 g/mol. The van der Waals surface area contributed by atoms with Crippen LogP contribution in [-0.2, 0) is 0 Å². The van der Waals surface area contributed by atoms with Crippen LogP contribution in [0.15, 0.2) is 30.3 Å². The molecule has 0 radical (unpaired) electrons. The first kappa shape index (κ1) is 14.4. The van der Waals surface area contributed by atoms with Crippen molar-refractivity contribution in [1.29, 1.82) is 0 Å². The molecule has 0 saturated carbocycles. The topological polar surface area (TPSA) is 55.1 Å². The Bertz CT molecular complexity index is 680. The van der Waals surface area contributed by atoms with E-state index in [4.69, 9.17) is 17.3 Å². The number of rotatable bonds is 2. The number of nitrogens with one attached hydrogen (secondary N) is 1. The number of benzene rings is 2. The zero-order valence-corrected chi connectivity index (χ0v) is 12.5. The number of amides is 1. The van der Waals surface area contributed by atoms with Crippen molar-refractivity contribution in [2.75, 3.05) is 11.1 Å². The molecule has 3 N–H and O–H groups in total. The second-order valence-corrected chi connectivity index (χ2v) is 5.37. The van der Waals surface area contributed by atoms with Crippen LogP contribution >= 0.6 is 11.6 Å². The summed E-state index contributed by atoms with van der Waals surface area (Å²) in [5, 5.41) is 3.32. The summed E-state index contributed by atoms with van der Waals surface area (Å²) in [5.74, 6) is -0.143. The van der Waals surface area contributed by atoms with E-state index in [1.165, 1.54) is 0 Å². The van der Waals surface area contributed by atoms with Crippen LogP contribution in [0.2, 0.25) is 5.02 Å². The number of carbonyl (C=O) groups excluding carboxylic acids is 1. The monoisotopic (exact) mass is 288 g/mol. The molecule has 0 saturated heterocycles. The molecule has 4 heteroatoms. The maximum absolute atomic E-state index is 12.4. The molecule has 20 heavy (non-hydrogen) atoms. The quantitative estimate of drug-likeness (QED) is 0.818. The number of carbonyl (C=O) groups is 1. The van der Waals surface area contributed by atoms with Gasteiger partial charge in [0, 0.05) is 11.3 Å². The van der Waals surface area contributed by atoms with Gasteiger partial charge in [-0.25, -0.2) is 0 Å². The smallest absolute Gasteiger partial charge is 0.255 e. The Morgan fingerprint density at radius 1 is 1.10 bits per heavy atom. The van der Waals surface area contributed by atoms with Crippen molar-refractivity contribution in [2.24, 2.45) is 0 Å². The van der Waals surface area contributed by atoms with Crippen LogP contribution in [0.4, 0.5) is 11.4 Å². The van der Waals surface area contributed by atoms with Crippen LogP contribution in [0.25, 0.3) is 0 Å². The summed E-state index contributed by atoms with van der Waals surface area (Å²) in [5.41, 5.74) is 10.4. The summed E-state index contributed by atoms with van der Waals surface area (Å²) in [6, 6.07) is 9.22. The molecule has 0 unspecified atom stereocenters. The lowest BCUT2D eigenvalue weighted by Gasteiger charge is -2.12. The lowest BCUT2D eigenvalue weighted by atomic mass is 10.0. The Kier molecular flexibility index (Phi) is 4.00. The Morgan fingerprint density at radius 2 is 1.80 bits per heavy atom. The van der Waals surface area contributed by atoms with Gasteiger partial charge in [-0.15, -0.1) is 0 Å². The normalized spacial score (nSPS) is 10.4. The van der Waals surface area contributed by atoms with Gasteiger partial charge in [-0.3, -0.25) is 4.79 Å². The minimum Gasteiger partial charge on any atom is -0.398 e. The van der Waals surface area contributed by atoms with E-state index in [9.17, 15) is 4.79 Å². The van der Waals surface area contributed by atoms with Crippen LogP contribution < -0.4 is 11.1 Å². The summed E-state index contributed by atoms with van der Waals surface area (Å²) in [6.45, 7) is 5.75. The number of aryl methyl sites for hydroxylation is 3. The first-order valence-corrected chi connectivity index (χ1v) is 6.70. The van der Waals surface area contributed by atoms with Crippen molar-refractivity contribution < 1.29 is 4.79 Å². The van der Waals surface area contributed by atoms with Crippen molar-refractivity contribution in [1.82, 2.24) is 0 Å². The number of halogens is 1. The summed E-state index contributed by atoms with van der Waals surface area (Å²) in [6.07, 6.45) is 0. The fourth-order valence-electron chi connectivity index (χ4n) is 2.01. The van der Waals surface area contributed by atoms with Gasteiger partial charge in [0.05, 0.1) is 10.7 Å². The SMILES string of the molecule is Cc1ccc(C)c(C(=O)Nc2cc(Cl)c(N)cc2C)c1. The van der Waals surface area contributed by atoms with E-state index in [1.807, 2.05) is 39.0 Å². The first-order valence-electron chi connectivity index (χ1n) is 6.32. The van der Waals surface area contributed by atoms with E-state index >= 15 is 0 Å². The summed E-state index contributed by atoms with van der Waals surface area (Å²) < 4.78 is 0. The van der Waals surface area contributed by atoms with Crippen molar-refractivity contribution in [2.45, 2.75) is 20.8 Å². The zero-order valence-electron chi connectivity index (χ0n) is 11.8. The molecule has 3 nitrogen and oxygen atoms in total. The van der Waals surface area contributed by atoms with Crippen LogP contribution in [-0.4, -0.2) is 5.91 Å². The number of hydrogen-bond donors (Lipinski definition) is 2. The van der Waals surface area contributed by atoms with Gasteiger partial charge in [0.15, 0.2) is 0 Å². The summed E-state index contributed by atoms with van der Waals surface area (Å²) in [4.78, 5) is 12.4. The van der Waals surface area contributed by atoms with Gasteiger partial charge >= 0.3 is 0 Å². The van der Waals surface area contributed by atoms with Crippen LogP contribution in [0.1, 0.15) is 27.0 Å². The molecule has 0 heterocycles. The van der Waals surface area contributed by atoms with Crippen molar-refractivity contribution in [3.63, 3.8) is 0 Å². The summed E-state index contributed by atoms with van der Waals surface area (Å²) in [7, 11) is 0. The lowest BCUT2D eigenvalue weighted by molar-refractivity contribution is 0.102. The van der Waals surface area contributed by atoms with Crippen molar-refractivity contribution >= 4 is 28.9 Å². The fraction of sp³-hybridized carbons (Fsp3) is 0.188. The van der Waals surface area contributed by atoms with Gasteiger partial charge in [-0.05, 0) is 50.1 Å². The van der Waals surface area contributed by atoms with Gasteiger partial charge in [-0.2, -0.15) is 0 Å². The maximum Gasteiger partial charge on any atom is 0.255 e. The third-order valence-electron chi connectivity index (χ3n) is 3.23. The molecule has 0 atom stereocenters. The number of nitrogen functional groups attached to an aromatic ring is 1. The standard InChI is InChI=1S/C16H17ClN2O/c1-9-4-5-10(2)12(6-9)16(20)19-15-8-13(17)14(18)7-11(15)3/h4-8H,18H2,1-3H3,(H,19,20). The largest absolute Gasteiger partial charge is 0.398 e. The molecule has 0 aliphatic carbocycles. The molecule has 0 bridgehead atoms. The molecule has 2 rings (SSSR count). The van der Waals surface area contributed by atoms with Gasteiger partial charge in [0.1, 0.15) is 0 Å². The average Bonchev–Trinajstić information content (AvgIpc) is 2.38. The van der Waals surface area contributed by atoms with E-state index in [0.717, 1.165) is 16.7 Å². The third-order valence-corrected chi connectivity index (χ3v) is 3.56. The molecule has 0 fully saturated rings. The molecule has 0 spiro atoms. The van der Waals surface area contributed by atoms with Gasteiger partial charge < -0.3 is 11.1 Å². The van der Waals surface area contributed by atoms with Gasteiger partial charge in [-0.1, -0.05) is 29.3 Å². The van der Waals surface area contributed by atoms with E-state index in [-0.39, 0.29) is 5.91 Å². The molecule has 0 aromatic heterocycles. The minimum atomic E-state index is -0.143. The van der Waals surface area contributed by atoms with Crippen molar-refractivity contribution in [3.8, 4) is 0 Å². The molecule has 0 aliphatic rings. The Balaban J connectivity index is 2.32. The van der Waals surface area contributed by atoms with Gasteiger partial charge in [0.2, 0.25) is 0 Å². The number of hydrogen-bond acceptors (Lipinski definition) is 2. The van der Waals surface area contributed by atoms with Gasteiger partial charge in [0.25, 0.3) is 5.91 Å². The molecule has 104 valence electrons. The van der Waals surface area contributed by atoms with Crippen molar-refractivity contribution in [3.05, 3.63) is 57.6 Å².